The molecular formula is C24H33N3O2S. The van der Waals surface area contributed by atoms with E-state index in [1.165, 1.54) is 10.4 Å². The van der Waals surface area contributed by atoms with Crippen LogP contribution in [0.2, 0.25) is 0 Å². The molecule has 0 unspecified atom stereocenters. The average Bonchev–Trinajstić information content (AvgIpc) is 3.21. The quantitative estimate of drug-likeness (QED) is 0.622. The Kier molecular flexibility index (Phi) is 7.91. The molecule has 2 aromatic rings. The predicted octanol–water partition coefficient (Wildman–Crippen LogP) is 4.69. The van der Waals surface area contributed by atoms with Crippen molar-refractivity contribution in [2.45, 2.75) is 46.1 Å². The Morgan fingerprint density at radius 2 is 2.00 bits per heavy atom. The van der Waals surface area contributed by atoms with Crippen LogP contribution in [-0.2, 0) is 11.2 Å². The number of benzene rings is 1. The lowest BCUT2D eigenvalue weighted by atomic mass is 9.93. The largest absolute Gasteiger partial charge is 0.338 e. The van der Waals surface area contributed by atoms with Crippen molar-refractivity contribution < 1.29 is 9.59 Å². The Hall–Kier alpha value is -2.34. The molecule has 1 aromatic heterocycles. The summed E-state index contributed by atoms with van der Waals surface area (Å²) in [5.41, 5.74) is 2.33. The number of rotatable bonds is 8. The van der Waals surface area contributed by atoms with Crippen molar-refractivity contribution in [2.24, 2.45) is 5.92 Å². The second-order valence-corrected chi connectivity index (χ2v) is 9.31. The molecule has 0 spiro atoms. The van der Waals surface area contributed by atoms with E-state index in [2.05, 4.69) is 49.7 Å². The van der Waals surface area contributed by atoms with Crippen molar-refractivity contribution >= 4 is 23.3 Å². The molecular weight excluding hydrogens is 394 g/mol. The molecule has 2 heterocycles. The molecule has 30 heavy (non-hydrogen) atoms. The van der Waals surface area contributed by atoms with Crippen LogP contribution < -0.4 is 5.32 Å². The molecule has 3 rings (SSSR count). The number of unbranched alkanes of at least 4 members (excludes halogenated alkanes) is 1. The van der Waals surface area contributed by atoms with Gasteiger partial charge < -0.3 is 15.1 Å². The fraction of sp³-hybridized carbons (Fsp3) is 0.500. The third kappa shape index (κ3) is 5.42. The SMILES string of the molecule is CCCCNC(=O)N(CC(=O)N1CCc2sccc2[C@H]1c1ccccc1)CC(C)C. The van der Waals surface area contributed by atoms with E-state index in [0.717, 1.165) is 24.8 Å². The monoisotopic (exact) mass is 427 g/mol. The fourth-order valence-corrected chi connectivity index (χ4v) is 4.88. The van der Waals surface area contributed by atoms with E-state index in [1.54, 1.807) is 16.2 Å². The first-order chi connectivity index (χ1) is 14.5. The van der Waals surface area contributed by atoms with Gasteiger partial charge >= 0.3 is 6.03 Å². The summed E-state index contributed by atoms with van der Waals surface area (Å²) >= 11 is 1.76. The Morgan fingerprint density at radius 3 is 2.70 bits per heavy atom. The Morgan fingerprint density at radius 1 is 1.23 bits per heavy atom. The molecule has 1 aliphatic rings. The van der Waals surface area contributed by atoms with Crippen molar-refractivity contribution in [1.29, 1.82) is 0 Å². The van der Waals surface area contributed by atoms with Crippen molar-refractivity contribution in [2.75, 3.05) is 26.2 Å². The van der Waals surface area contributed by atoms with Crippen molar-refractivity contribution in [3.8, 4) is 0 Å². The molecule has 6 heteroatoms. The van der Waals surface area contributed by atoms with Gasteiger partial charge in [0, 0.05) is 24.5 Å². The summed E-state index contributed by atoms with van der Waals surface area (Å²) < 4.78 is 0. The Balaban J connectivity index is 1.79. The zero-order valence-electron chi connectivity index (χ0n) is 18.3. The van der Waals surface area contributed by atoms with E-state index in [9.17, 15) is 9.59 Å². The molecule has 0 saturated heterocycles. The first-order valence-corrected chi connectivity index (χ1v) is 11.8. The van der Waals surface area contributed by atoms with Crippen LogP contribution in [0.4, 0.5) is 4.79 Å². The van der Waals surface area contributed by atoms with E-state index >= 15 is 0 Å². The molecule has 5 nitrogen and oxygen atoms in total. The maximum atomic E-state index is 13.4. The molecule has 3 amide bonds. The van der Waals surface area contributed by atoms with Gasteiger partial charge in [-0.1, -0.05) is 57.5 Å². The molecule has 1 N–H and O–H groups in total. The number of hydrogen-bond acceptors (Lipinski definition) is 3. The minimum absolute atomic E-state index is 0.00648. The molecule has 0 aliphatic carbocycles. The van der Waals surface area contributed by atoms with Gasteiger partial charge in [0.1, 0.15) is 6.54 Å². The second kappa shape index (κ2) is 10.6. The van der Waals surface area contributed by atoms with Crippen LogP contribution in [0.3, 0.4) is 0 Å². The van der Waals surface area contributed by atoms with Crippen molar-refractivity contribution in [3.63, 3.8) is 0 Å². The molecule has 162 valence electrons. The Bertz CT molecular complexity index is 834. The molecule has 1 atom stereocenters. The smallest absolute Gasteiger partial charge is 0.317 e. The van der Waals surface area contributed by atoms with Gasteiger partial charge in [-0.25, -0.2) is 4.79 Å². The van der Waals surface area contributed by atoms with E-state index < -0.39 is 0 Å². The van der Waals surface area contributed by atoms with Gasteiger partial charge in [-0.2, -0.15) is 0 Å². The number of hydrogen-bond donors (Lipinski definition) is 1. The van der Waals surface area contributed by atoms with Gasteiger partial charge in [0.05, 0.1) is 6.04 Å². The summed E-state index contributed by atoms with van der Waals surface area (Å²) in [6.45, 7) is 8.24. The lowest BCUT2D eigenvalue weighted by Gasteiger charge is -2.37. The minimum atomic E-state index is -0.144. The van der Waals surface area contributed by atoms with E-state index in [1.807, 2.05) is 23.1 Å². The molecule has 0 saturated carbocycles. The number of fused-ring (bicyclic) bond motifs is 1. The van der Waals surface area contributed by atoms with Gasteiger partial charge in [-0.3, -0.25) is 4.79 Å². The predicted molar refractivity (Wildman–Crippen MR) is 123 cm³/mol. The molecule has 0 bridgehead atoms. The standard InChI is InChI=1S/C24H33N3O2S/c1-4-5-13-25-24(29)26(16-18(2)3)17-22(28)27-14-11-21-20(12-15-30-21)23(27)19-9-7-6-8-10-19/h6-10,12,15,18,23H,4-5,11,13-14,16-17H2,1-3H3,(H,25,29)/t23-/m1/s1. The van der Waals surface area contributed by atoms with Gasteiger partial charge in [0.25, 0.3) is 0 Å². The Labute approximate surface area is 184 Å². The topological polar surface area (TPSA) is 52.7 Å². The van der Waals surface area contributed by atoms with Crippen molar-refractivity contribution in [1.82, 2.24) is 15.1 Å². The van der Waals surface area contributed by atoms with Crippen LogP contribution in [0.1, 0.15) is 55.7 Å². The summed E-state index contributed by atoms with van der Waals surface area (Å²) in [4.78, 5) is 31.2. The zero-order chi connectivity index (χ0) is 21.5. The van der Waals surface area contributed by atoms with Crippen LogP contribution in [0.25, 0.3) is 0 Å². The molecule has 0 fully saturated rings. The van der Waals surface area contributed by atoms with Crippen LogP contribution in [0.15, 0.2) is 41.8 Å². The summed E-state index contributed by atoms with van der Waals surface area (Å²) in [5, 5.41) is 5.08. The maximum absolute atomic E-state index is 13.4. The van der Waals surface area contributed by atoms with Gasteiger partial charge in [-0.15, -0.1) is 11.3 Å². The first kappa shape index (κ1) is 22.3. The summed E-state index contributed by atoms with van der Waals surface area (Å²) in [6.07, 6.45) is 2.84. The lowest BCUT2D eigenvalue weighted by Crippen LogP contribution is -2.50. The highest BCUT2D eigenvalue weighted by Crippen LogP contribution is 2.37. The second-order valence-electron chi connectivity index (χ2n) is 8.31. The number of carbonyl (C=O) groups is 2. The van der Waals surface area contributed by atoms with E-state index in [0.29, 0.717) is 25.6 Å². The summed E-state index contributed by atoms with van der Waals surface area (Å²) in [5.74, 6) is 0.302. The third-order valence-electron chi connectivity index (χ3n) is 5.41. The number of urea groups is 1. The highest BCUT2D eigenvalue weighted by Gasteiger charge is 2.33. The van der Waals surface area contributed by atoms with Crippen LogP contribution in [-0.4, -0.2) is 47.9 Å². The number of amides is 3. The van der Waals surface area contributed by atoms with Gasteiger partial charge in [0.2, 0.25) is 5.91 Å². The normalized spacial score (nSPS) is 15.7. The van der Waals surface area contributed by atoms with E-state index in [4.69, 9.17) is 0 Å². The highest BCUT2D eigenvalue weighted by molar-refractivity contribution is 7.10. The zero-order valence-corrected chi connectivity index (χ0v) is 19.1. The van der Waals surface area contributed by atoms with Gasteiger partial charge in [-0.05, 0) is 41.3 Å². The fourth-order valence-electron chi connectivity index (χ4n) is 3.98. The molecule has 1 aliphatic heterocycles. The summed E-state index contributed by atoms with van der Waals surface area (Å²) in [6, 6.07) is 12.1. The number of nitrogens with zero attached hydrogens (tertiary/aromatic N) is 2. The van der Waals surface area contributed by atoms with Gasteiger partial charge in [0.15, 0.2) is 0 Å². The number of carbonyl (C=O) groups excluding carboxylic acids is 2. The highest BCUT2D eigenvalue weighted by atomic mass is 32.1. The number of thiophene rings is 1. The lowest BCUT2D eigenvalue weighted by molar-refractivity contribution is -0.134. The van der Waals surface area contributed by atoms with Crippen LogP contribution in [0, 0.1) is 5.92 Å². The maximum Gasteiger partial charge on any atom is 0.317 e. The van der Waals surface area contributed by atoms with Crippen LogP contribution >= 0.6 is 11.3 Å². The van der Waals surface area contributed by atoms with Crippen molar-refractivity contribution in [3.05, 3.63) is 57.8 Å². The first-order valence-electron chi connectivity index (χ1n) is 10.9. The molecule has 0 radical (unpaired) electrons. The summed E-state index contributed by atoms with van der Waals surface area (Å²) in [7, 11) is 0. The van der Waals surface area contributed by atoms with E-state index in [-0.39, 0.29) is 24.5 Å². The number of nitrogens with one attached hydrogen (secondary N) is 1. The van der Waals surface area contributed by atoms with Crippen LogP contribution in [0.5, 0.6) is 0 Å². The third-order valence-corrected chi connectivity index (χ3v) is 6.40. The molecule has 1 aromatic carbocycles. The average molecular weight is 428 g/mol. The minimum Gasteiger partial charge on any atom is -0.338 e.